The Hall–Kier alpha value is -11.9. The molecule has 10 rings (SSSR count). The predicted molar refractivity (Wildman–Crippen MR) is 437 cm³/mol. The molecule has 30 heteroatoms. The fourth-order valence-electron chi connectivity index (χ4n) is 11.3. The topological polar surface area (TPSA) is 324 Å². The molecule has 0 saturated carbocycles. The molecule has 0 bridgehead atoms. The molecule has 0 unspecified atom stereocenters. The summed E-state index contributed by atoms with van der Waals surface area (Å²) in [6.07, 6.45) is 0. The number of carbonyl (C=O) groups excluding carboxylic acids is 6. The zero-order valence-corrected chi connectivity index (χ0v) is 67.5. The van der Waals surface area contributed by atoms with E-state index in [1.54, 1.807) is 115 Å². The zero-order valence-electron chi connectivity index (χ0n) is 67.5. The highest BCUT2D eigenvalue weighted by atomic mass is 16.6. The Balaban J connectivity index is 1.15. The van der Waals surface area contributed by atoms with Gasteiger partial charge in [0.2, 0.25) is 0 Å². The molecule has 0 saturated heterocycles. The van der Waals surface area contributed by atoms with Crippen molar-refractivity contribution >= 4 is 68.1 Å². The van der Waals surface area contributed by atoms with E-state index < -0.39 is 35.8 Å². The largest absolute Gasteiger partial charge is 0.491 e. The van der Waals surface area contributed by atoms with E-state index in [0.29, 0.717) is 114 Å². The highest BCUT2D eigenvalue weighted by molar-refractivity contribution is 6.27. The molecule has 0 spiro atoms. The molecule has 0 amide bonds. The van der Waals surface area contributed by atoms with E-state index in [-0.39, 0.29) is 179 Å². The Morgan fingerprint density at radius 1 is 0.175 bits per heavy atom. The lowest BCUT2D eigenvalue weighted by molar-refractivity contribution is 0.0544. The van der Waals surface area contributed by atoms with Crippen LogP contribution in [0.15, 0.2) is 182 Å². The second-order valence-electron chi connectivity index (χ2n) is 25.7. The summed E-state index contributed by atoms with van der Waals surface area (Å²) in [5.41, 5.74) is 0.248. The summed E-state index contributed by atoms with van der Waals surface area (Å²) < 4.78 is 137. The van der Waals surface area contributed by atoms with Crippen LogP contribution in [0.4, 0.5) is 0 Å². The van der Waals surface area contributed by atoms with Crippen LogP contribution in [0.1, 0.15) is 62.1 Å². The van der Waals surface area contributed by atoms with Crippen LogP contribution in [0.3, 0.4) is 0 Å². The molecular formula is C90H96O30. The van der Waals surface area contributed by atoms with Gasteiger partial charge >= 0.3 is 35.8 Å². The molecule has 10 aromatic carbocycles. The fourth-order valence-corrected chi connectivity index (χ4v) is 11.3. The first-order chi connectivity index (χ1) is 58.8. The first kappa shape index (κ1) is 90.4. The Bertz CT molecular complexity index is 4060. The normalized spacial score (nSPS) is 11.2. The van der Waals surface area contributed by atoms with E-state index >= 15 is 0 Å². The second-order valence-corrected chi connectivity index (χ2v) is 25.7. The number of rotatable bonds is 54. The summed E-state index contributed by atoms with van der Waals surface area (Å²) in [6, 6.07) is 45.1. The van der Waals surface area contributed by atoms with Gasteiger partial charge in [0, 0.05) is 42.7 Å². The van der Waals surface area contributed by atoms with Gasteiger partial charge in [0.05, 0.1) is 152 Å². The van der Waals surface area contributed by atoms with Crippen molar-refractivity contribution in [2.45, 2.75) is 0 Å². The summed E-state index contributed by atoms with van der Waals surface area (Å²) in [5.74, 6) is -4.95. The van der Waals surface area contributed by atoms with Gasteiger partial charge in [0.1, 0.15) is 74.1 Å². The minimum absolute atomic E-state index is 0.0413. The van der Waals surface area contributed by atoms with Crippen molar-refractivity contribution in [3.05, 3.63) is 215 Å². The second kappa shape index (κ2) is 49.5. The summed E-state index contributed by atoms with van der Waals surface area (Å²) in [4.78, 5) is 88.7. The Morgan fingerprint density at radius 2 is 0.300 bits per heavy atom. The van der Waals surface area contributed by atoms with E-state index in [4.69, 9.17) is 114 Å². The smallest absolute Gasteiger partial charge is 0.343 e. The van der Waals surface area contributed by atoms with Gasteiger partial charge < -0.3 is 114 Å². The number of ether oxygens (including phenoxy) is 24. The quantitative estimate of drug-likeness (QED) is 0.0148. The number of hydrogen-bond donors (Lipinski definition) is 0. The van der Waals surface area contributed by atoms with Gasteiger partial charge in [-0.15, -0.1) is 0 Å². The van der Waals surface area contributed by atoms with Crippen LogP contribution in [0.25, 0.3) is 32.3 Å². The number of esters is 6. The third-order valence-corrected chi connectivity index (χ3v) is 17.4. The van der Waals surface area contributed by atoms with E-state index in [1.807, 2.05) is 0 Å². The molecule has 0 atom stereocenters. The van der Waals surface area contributed by atoms with Gasteiger partial charge in [-0.3, -0.25) is 0 Å². The lowest BCUT2D eigenvalue weighted by Crippen LogP contribution is -2.14. The van der Waals surface area contributed by atoms with Crippen molar-refractivity contribution in [2.75, 3.05) is 201 Å². The van der Waals surface area contributed by atoms with Gasteiger partial charge in [0.25, 0.3) is 0 Å². The molecular weight excluding hydrogens is 1560 g/mol. The minimum Gasteiger partial charge on any atom is -0.491 e. The van der Waals surface area contributed by atoms with Crippen molar-refractivity contribution < 1.29 is 142 Å². The Labute approximate surface area is 693 Å². The molecule has 0 heterocycles. The van der Waals surface area contributed by atoms with Gasteiger partial charge in [-0.05, 0) is 214 Å². The van der Waals surface area contributed by atoms with Crippen molar-refractivity contribution in [2.24, 2.45) is 0 Å². The summed E-state index contributed by atoms with van der Waals surface area (Å²) >= 11 is 0. The monoisotopic (exact) mass is 1660 g/mol. The summed E-state index contributed by atoms with van der Waals surface area (Å²) in [7, 11) is 9.41. The molecule has 0 radical (unpaired) electrons. The van der Waals surface area contributed by atoms with Crippen LogP contribution in [-0.4, -0.2) is 237 Å². The molecule has 0 N–H and O–H groups in total. The average molecular weight is 1660 g/mol. The molecule has 0 fully saturated rings. The lowest BCUT2D eigenvalue weighted by atomic mass is 9.93. The van der Waals surface area contributed by atoms with Crippen LogP contribution in [-0.2, 0) is 56.8 Å². The molecule has 30 nitrogen and oxygen atoms in total. The molecule has 10 aromatic rings. The number of hydrogen-bond acceptors (Lipinski definition) is 30. The summed E-state index contributed by atoms with van der Waals surface area (Å²) in [5, 5.41) is 1.15. The Kier molecular flexibility index (Phi) is 37.3. The van der Waals surface area contributed by atoms with Crippen LogP contribution in [0.2, 0.25) is 0 Å². The van der Waals surface area contributed by atoms with Crippen LogP contribution in [0, 0.1) is 0 Å². The molecule has 0 aliphatic carbocycles. The van der Waals surface area contributed by atoms with Crippen molar-refractivity contribution in [3.63, 3.8) is 0 Å². The maximum atomic E-state index is 14.8. The highest BCUT2D eigenvalue weighted by Crippen LogP contribution is 2.48. The number of benzene rings is 10. The average Bonchev–Trinajstić information content (AvgIpc) is 0.721. The molecule has 0 aliphatic rings. The van der Waals surface area contributed by atoms with E-state index in [9.17, 15) is 28.8 Å². The fraction of sp³-hybridized carbons (Fsp3) is 0.333. The summed E-state index contributed by atoms with van der Waals surface area (Å²) in [6.45, 7) is 7.24. The SMILES string of the molecule is COCCOCCOc1ccc(C(=O)Oc2cc3c4cc(OC(=O)c5ccc(OCCOCCOC)cc5)c(OC(=O)c5ccc(OCCOCCOC)cc5)cc4c4cc(OC(=O)c5ccc(OCCOCCOC)cc5)c(OC(=O)c5ccc(OCCOCCOC)cc5)cc4c3cc2OC(=O)c2ccc(OCCOCCOC)cc2)cc1. The molecule has 0 aliphatic heterocycles. The standard InChI is InChI=1S/C90H96O30/c1-97-31-37-103-43-49-109-67-19-7-61(8-20-67)85(91)115-79-55-73-74(56-80(79)116-86(92)62-9-21-68(22-10-62)110-50-44-104-38-32-98-2)76-58-82(118-88(94)64-13-25-70(26-14-64)112-52-46-106-40-34-100-4)84(120-90(96)66-17-29-72(30-18-66)114-54-48-108-42-36-102-6)60-78(76)77-59-83(119-89(95)65-15-27-71(28-16-65)113-53-47-107-41-35-101-5)81(57-75(73)77)117-87(93)63-11-23-69(24-12-63)111-51-45-105-39-33-99-3/h7-30,55-60H,31-54H2,1-6H3. The highest BCUT2D eigenvalue weighted by Gasteiger charge is 2.28. The lowest BCUT2D eigenvalue weighted by Gasteiger charge is -2.19. The number of fused-ring (bicyclic) bond motifs is 6. The van der Waals surface area contributed by atoms with Gasteiger partial charge in [0.15, 0.2) is 34.5 Å². The van der Waals surface area contributed by atoms with Crippen LogP contribution < -0.4 is 56.8 Å². The maximum absolute atomic E-state index is 14.8. The van der Waals surface area contributed by atoms with Crippen molar-refractivity contribution in [1.29, 1.82) is 0 Å². The van der Waals surface area contributed by atoms with E-state index in [0.717, 1.165) is 0 Å². The molecule has 120 heavy (non-hydrogen) atoms. The predicted octanol–water partition coefficient (Wildman–Crippen LogP) is 12.7. The van der Waals surface area contributed by atoms with Crippen molar-refractivity contribution in [1.82, 2.24) is 0 Å². The first-order valence-corrected chi connectivity index (χ1v) is 38.4. The van der Waals surface area contributed by atoms with Crippen molar-refractivity contribution in [3.8, 4) is 69.0 Å². The third-order valence-electron chi connectivity index (χ3n) is 17.4. The minimum atomic E-state index is -0.918. The maximum Gasteiger partial charge on any atom is 0.343 e. The van der Waals surface area contributed by atoms with Crippen LogP contribution in [0.5, 0.6) is 69.0 Å². The van der Waals surface area contributed by atoms with Gasteiger partial charge in [-0.1, -0.05) is 0 Å². The van der Waals surface area contributed by atoms with Crippen LogP contribution >= 0.6 is 0 Å². The zero-order chi connectivity index (χ0) is 84.5. The van der Waals surface area contributed by atoms with E-state index in [1.165, 1.54) is 109 Å². The number of carbonyl (C=O) groups is 6. The third kappa shape index (κ3) is 28.1. The molecule has 636 valence electrons. The van der Waals surface area contributed by atoms with Gasteiger partial charge in [-0.25, -0.2) is 28.8 Å². The Morgan fingerprint density at radius 3 is 0.425 bits per heavy atom. The van der Waals surface area contributed by atoms with Gasteiger partial charge in [-0.2, -0.15) is 0 Å². The first-order valence-electron chi connectivity index (χ1n) is 38.4. The van der Waals surface area contributed by atoms with E-state index in [2.05, 4.69) is 0 Å². The number of methoxy groups -OCH3 is 6. The molecule has 0 aromatic heterocycles.